The van der Waals surface area contributed by atoms with Gasteiger partial charge in [0.2, 0.25) is 5.91 Å². The van der Waals surface area contributed by atoms with Crippen LogP contribution in [0.1, 0.15) is 32.0 Å². The molecule has 4 rings (SSSR count). The second-order valence-corrected chi connectivity index (χ2v) is 7.30. The van der Waals surface area contributed by atoms with Crippen LogP contribution in [0.25, 0.3) is 22.0 Å². The van der Waals surface area contributed by atoms with E-state index in [1.54, 1.807) is 0 Å². The minimum Gasteiger partial charge on any atom is -0.342 e. The molecule has 0 unspecified atom stereocenters. The molecule has 0 saturated carbocycles. The van der Waals surface area contributed by atoms with Gasteiger partial charge in [-0.2, -0.15) is 0 Å². The van der Waals surface area contributed by atoms with Crippen molar-refractivity contribution in [3.63, 3.8) is 0 Å². The number of hydrogen-bond donors (Lipinski definition) is 1. The molecule has 0 spiro atoms. The largest absolute Gasteiger partial charge is 0.342 e. The minimum atomic E-state index is 0.162. The zero-order chi connectivity index (χ0) is 17.4. The Balaban J connectivity index is 1.62. The maximum absolute atomic E-state index is 12.2. The quantitative estimate of drug-likeness (QED) is 0.778. The number of amides is 1. The Kier molecular flexibility index (Phi) is 4.04. The number of H-pyrrole nitrogens is 1. The summed E-state index contributed by atoms with van der Waals surface area (Å²) in [5.74, 6) is 1.81. The topological polar surface area (TPSA) is 49.0 Å². The van der Waals surface area contributed by atoms with Gasteiger partial charge in [0.1, 0.15) is 5.82 Å². The number of aromatic nitrogens is 2. The molecule has 0 bridgehead atoms. The van der Waals surface area contributed by atoms with Gasteiger partial charge in [0, 0.05) is 31.0 Å². The van der Waals surface area contributed by atoms with E-state index in [0.717, 1.165) is 30.2 Å². The lowest BCUT2D eigenvalue weighted by molar-refractivity contribution is -0.128. The molecule has 4 nitrogen and oxygen atoms in total. The number of benzene rings is 2. The maximum Gasteiger partial charge on any atom is 0.223 e. The fraction of sp³-hybridized carbons (Fsp3) is 0.333. The van der Waals surface area contributed by atoms with Crippen LogP contribution in [-0.4, -0.2) is 33.9 Å². The van der Waals surface area contributed by atoms with Crippen molar-refractivity contribution in [2.75, 3.05) is 13.1 Å². The fourth-order valence-electron chi connectivity index (χ4n) is 3.71. The van der Waals surface area contributed by atoms with Gasteiger partial charge < -0.3 is 9.88 Å². The van der Waals surface area contributed by atoms with Crippen molar-refractivity contribution in [1.82, 2.24) is 14.9 Å². The predicted octanol–water partition coefficient (Wildman–Crippen LogP) is 4.20. The van der Waals surface area contributed by atoms with E-state index >= 15 is 0 Å². The summed E-state index contributed by atoms with van der Waals surface area (Å²) < 4.78 is 0. The molecule has 1 aliphatic heterocycles. The van der Waals surface area contributed by atoms with E-state index in [2.05, 4.69) is 66.3 Å². The van der Waals surface area contributed by atoms with Gasteiger partial charge >= 0.3 is 0 Å². The molecule has 1 aromatic heterocycles. The Labute approximate surface area is 147 Å². The molecular weight excluding hydrogens is 310 g/mol. The molecule has 2 aromatic carbocycles. The summed E-state index contributed by atoms with van der Waals surface area (Å²) in [5.41, 5.74) is 2.17. The molecule has 1 aliphatic rings. The van der Waals surface area contributed by atoms with Gasteiger partial charge in [-0.3, -0.25) is 4.79 Å². The van der Waals surface area contributed by atoms with Gasteiger partial charge in [0.05, 0.1) is 11.9 Å². The van der Waals surface area contributed by atoms with Crippen molar-refractivity contribution in [1.29, 1.82) is 0 Å². The number of rotatable bonds is 4. The van der Waals surface area contributed by atoms with Crippen molar-refractivity contribution in [3.8, 4) is 11.3 Å². The average Bonchev–Trinajstić information content (AvgIpc) is 3.21. The first-order chi connectivity index (χ1) is 12.1. The van der Waals surface area contributed by atoms with Crippen LogP contribution in [0.4, 0.5) is 0 Å². The summed E-state index contributed by atoms with van der Waals surface area (Å²) in [6.07, 6.45) is 2.45. The Morgan fingerprint density at radius 1 is 1.20 bits per heavy atom. The Bertz CT molecular complexity index is 907. The van der Waals surface area contributed by atoms with Crippen molar-refractivity contribution < 1.29 is 4.79 Å². The van der Waals surface area contributed by atoms with Crippen LogP contribution in [0.2, 0.25) is 0 Å². The van der Waals surface area contributed by atoms with Gasteiger partial charge in [-0.15, -0.1) is 0 Å². The molecule has 1 atom stereocenters. The maximum atomic E-state index is 12.2. The Morgan fingerprint density at radius 2 is 2.00 bits per heavy atom. The highest BCUT2D eigenvalue weighted by molar-refractivity contribution is 5.95. The van der Waals surface area contributed by atoms with Crippen molar-refractivity contribution in [2.24, 2.45) is 5.92 Å². The third-order valence-electron chi connectivity index (χ3n) is 4.86. The van der Waals surface area contributed by atoms with Gasteiger partial charge in [-0.25, -0.2) is 4.98 Å². The third-order valence-corrected chi connectivity index (χ3v) is 4.86. The highest BCUT2D eigenvalue weighted by Gasteiger charge is 2.32. The van der Waals surface area contributed by atoms with Crippen LogP contribution in [0.5, 0.6) is 0 Å². The average molecular weight is 333 g/mol. The van der Waals surface area contributed by atoms with Crippen molar-refractivity contribution in [2.45, 2.75) is 26.2 Å². The molecule has 128 valence electrons. The monoisotopic (exact) mass is 333 g/mol. The first-order valence-electron chi connectivity index (χ1n) is 8.92. The predicted molar refractivity (Wildman–Crippen MR) is 100 cm³/mol. The van der Waals surface area contributed by atoms with E-state index in [1.807, 2.05) is 11.1 Å². The standard InChI is InChI=1S/C21H23N3O/c1-14(2)12-24-13-16(10-20(24)25)21-22-11-19(23-21)18-9-5-7-15-6-3-4-8-17(15)18/h3-9,11,14,16H,10,12-13H2,1-2H3,(H,22,23)/t16-/m0/s1. The third kappa shape index (κ3) is 3.04. The number of aromatic amines is 1. The van der Waals surface area contributed by atoms with Crippen LogP contribution in [-0.2, 0) is 4.79 Å². The second kappa shape index (κ2) is 6.36. The molecule has 0 aliphatic carbocycles. The van der Waals surface area contributed by atoms with Crippen molar-refractivity contribution >= 4 is 16.7 Å². The van der Waals surface area contributed by atoms with E-state index in [-0.39, 0.29) is 11.8 Å². The molecule has 4 heteroatoms. The smallest absolute Gasteiger partial charge is 0.223 e. The highest BCUT2D eigenvalue weighted by atomic mass is 16.2. The first kappa shape index (κ1) is 15.9. The minimum absolute atomic E-state index is 0.162. The molecule has 2 heterocycles. The molecule has 1 N–H and O–H groups in total. The van der Waals surface area contributed by atoms with Crippen LogP contribution in [0.15, 0.2) is 48.7 Å². The summed E-state index contributed by atoms with van der Waals surface area (Å²) in [7, 11) is 0. The van der Waals surface area contributed by atoms with Crippen LogP contribution >= 0.6 is 0 Å². The lowest BCUT2D eigenvalue weighted by Gasteiger charge is -2.18. The summed E-state index contributed by atoms with van der Waals surface area (Å²) in [6.45, 7) is 5.88. The lowest BCUT2D eigenvalue weighted by atomic mass is 10.0. The number of nitrogens with zero attached hydrogens (tertiary/aromatic N) is 2. The normalized spacial score (nSPS) is 17.8. The summed E-state index contributed by atoms with van der Waals surface area (Å²) in [5, 5.41) is 2.43. The molecule has 1 saturated heterocycles. The SMILES string of the molecule is CC(C)CN1C[C@@H](c2ncc(-c3cccc4ccccc34)[nH]2)CC1=O. The molecule has 3 aromatic rings. The lowest BCUT2D eigenvalue weighted by Crippen LogP contribution is -2.29. The summed E-state index contributed by atoms with van der Waals surface area (Å²) in [6, 6.07) is 14.7. The van der Waals surface area contributed by atoms with Gasteiger partial charge in [0.15, 0.2) is 0 Å². The number of carbonyl (C=O) groups is 1. The second-order valence-electron chi connectivity index (χ2n) is 7.30. The van der Waals surface area contributed by atoms with E-state index in [0.29, 0.717) is 12.3 Å². The number of fused-ring (bicyclic) bond motifs is 1. The molecular formula is C21H23N3O. The van der Waals surface area contributed by atoms with E-state index in [4.69, 9.17) is 0 Å². The number of imidazole rings is 1. The summed E-state index contributed by atoms with van der Waals surface area (Å²) in [4.78, 5) is 22.3. The van der Waals surface area contributed by atoms with Crippen LogP contribution < -0.4 is 0 Å². The van der Waals surface area contributed by atoms with Gasteiger partial charge in [0.25, 0.3) is 0 Å². The number of hydrogen-bond acceptors (Lipinski definition) is 2. The van der Waals surface area contributed by atoms with Crippen LogP contribution in [0.3, 0.4) is 0 Å². The molecule has 1 fully saturated rings. The zero-order valence-electron chi connectivity index (χ0n) is 14.7. The molecule has 1 amide bonds. The van der Waals surface area contributed by atoms with Gasteiger partial charge in [-0.05, 0) is 16.7 Å². The number of carbonyl (C=O) groups excluding carboxylic acids is 1. The molecule has 25 heavy (non-hydrogen) atoms. The Hall–Kier alpha value is -2.62. The van der Waals surface area contributed by atoms with Gasteiger partial charge in [-0.1, -0.05) is 56.3 Å². The van der Waals surface area contributed by atoms with E-state index < -0.39 is 0 Å². The summed E-state index contributed by atoms with van der Waals surface area (Å²) >= 11 is 0. The molecule has 0 radical (unpaired) electrons. The first-order valence-corrected chi connectivity index (χ1v) is 8.92. The number of likely N-dealkylation sites (tertiary alicyclic amines) is 1. The van der Waals surface area contributed by atoms with Crippen LogP contribution in [0, 0.1) is 5.92 Å². The fourth-order valence-corrected chi connectivity index (χ4v) is 3.71. The van der Waals surface area contributed by atoms with Crippen molar-refractivity contribution in [3.05, 3.63) is 54.5 Å². The Morgan fingerprint density at radius 3 is 2.84 bits per heavy atom. The van der Waals surface area contributed by atoms with E-state index in [1.165, 1.54) is 10.8 Å². The van der Waals surface area contributed by atoms with E-state index in [9.17, 15) is 4.79 Å². The number of nitrogens with one attached hydrogen (secondary N) is 1. The highest BCUT2D eigenvalue weighted by Crippen LogP contribution is 2.31. The zero-order valence-corrected chi connectivity index (χ0v) is 14.7.